The molecule has 0 saturated carbocycles. The van der Waals surface area contributed by atoms with Crippen LogP contribution in [0, 0.1) is 5.82 Å². The van der Waals surface area contributed by atoms with Crippen molar-refractivity contribution < 1.29 is 9.18 Å². The Morgan fingerprint density at radius 3 is 2.64 bits per heavy atom. The Morgan fingerprint density at radius 1 is 1.50 bits per heavy atom. The van der Waals surface area contributed by atoms with Gasteiger partial charge in [-0.2, -0.15) is 0 Å². The van der Waals surface area contributed by atoms with Gasteiger partial charge in [0.25, 0.3) is 5.24 Å². The van der Waals surface area contributed by atoms with Crippen molar-refractivity contribution >= 4 is 32.9 Å². The molecule has 5 heteroatoms. The van der Waals surface area contributed by atoms with Crippen LogP contribution in [0.4, 0.5) is 9.18 Å². The summed E-state index contributed by atoms with van der Waals surface area (Å²) < 4.78 is 13.2. The van der Waals surface area contributed by atoms with Gasteiger partial charge in [0.1, 0.15) is 5.82 Å². The largest absolute Gasteiger partial charge is 0.339 e. The highest BCUT2D eigenvalue weighted by molar-refractivity contribution is 9.10. The molecule has 14 heavy (non-hydrogen) atoms. The van der Waals surface area contributed by atoms with E-state index in [4.69, 9.17) is 0 Å². The van der Waals surface area contributed by atoms with Gasteiger partial charge in [0.2, 0.25) is 0 Å². The number of nitrogens with zero attached hydrogens (tertiary/aromatic N) is 1. The van der Waals surface area contributed by atoms with Gasteiger partial charge in [-0.25, -0.2) is 4.39 Å². The average molecular weight is 278 g/mol. The molecule has 1 aromatic carbocycles. The van der Waals surface area contributed by atoms with Gasteiger partial charge in [0.15, 0.2) is 0 Å². The maximum Gasteiger partial charge on any atom is 0.285 e. The fourth-order valence-electron chi connectivity index (χ4n) is 0.732. The highest BCUT2D eigenvalue weighted by atomic mass is 79.9. The molecule has 76 valence electrons. The Labute approximate surface area is 94.6 Å². The number of benzene rings is 1. The minimum Gasteiger partial charge on any atom is -0.339 e. The maximum absolute atomic E-state index is 12.8. The fraction of sp³-hybridized carbons (Fsp3) is 0.222. The van der Waals surface area contributed by atoms with Crippen LogP contribution in [0.15, 0.2) is 27.6 Å². The van der Waals surface area contributed by atoms with E-state index < -0.39 is 0 Å². The van der Waals surface area contributed by atoms with Crippen molar-refractivity contribution in [3.8, 4) is 0 Å². The molecule has 0 N–H and O–H groups in total. The van der Waals surface area contributed by atoms with Crippen molar-refractivity contribution in [2.75, 3.05) is 14.1 Å². The summed E-state index contributed by atoms with van der Waals surface area (Å²) >= 11 is 4.12. The van der Waals surface area contributed by atoms with Crippen LogP contribution in [0.3, 0.4) is 0 Å². The Bertz CT molecular complexity index is 357. The van der Waals surface area contributed by atoms with E-state index in [2.05, 4.69) is 15.9 Å². The van der Waals surface area contributed by atoms with E-state index in [-0.39, 0.29) is 11.1 Å². The van der Waals surface area contributed by atoms with Crippen LogP contribution in [0.1, 0.15) is 0 Å². The van der Waals surface area contributed by atoms with E-state index in [1.54, 1.807) is 26.2 Å². The van der Waals surface area contributed by atoms with Crippen LogP contribution >= 0.6 is 27.7 Å². The smallest absolute Gasteiger partial charge is 0.285 e. The fourth-order valence-corrected chi connectivity index (χ4v) is 1.96. The molecule has 1 rings (SSSR count). The number of hydrogen-bond donors (Lipinski definition) is 0. The Balaban J connectivity index is 2.78. The van der Waals surface area contributed by atoms with Crippen molar-refractivity contribution in [2.45, 2.75) is 4.90 Å². The van der Waals surface area contributed by atoms with Gasteiger partial charge in [-0.1, -0.05) is 0 Å². The first kappa shape index (κ1) is 11.5. The van der Waals surface area contributed by atoms with Crippen molar-refractivity contribution in [3.63, 3.8) is 0 Å². The lowest BCUT2D eigenvalue weighted by molar-refractivity contribution is 0.241. The van der Waals surface area contributed by atoms with E-state index >= 15 is 0 Å². The second-order valence-corrected chi connectivity index (χ2v) is 4.72. The van der Waals surface area contributed by atoms with Crippen LogP contribution in [0.2, 0.25) is 0 Å². The van der Waals surface area contributed by atoms with Gasteiger partial charge in [0, 0.05) is 19.0 Å². The summed E-state index contributed by atoms with van der Waals surface area (Å²) in [5.41, 5.74) is 0. The summed E-state index contributed by atoms with van der Waals surface area (Å²) in [6, 6.07) is 4.49. The molecule has 0 aromatic heterocycles. The molecular weight excluding hydrogens is 269 g/mol. The minimum atomic E-state index is -0.327. The van der Waals surface area contributed by atoms with Crippen molar-refractivity contribution in [3.05, 3.63) is 28.5 Å². The van der Waals surface area contributed by atoms with Crippen molar-refractivity contribution in [1.82, 2.24) is 4.90 Å². The summed E-state index contributed by atoms with van der Waals surface area (Å²) in [5.74, 6) is -0.327. The van der Waals surface area contributed by atoms with Crippen LogP contribution in [-0.4, -0.2) is 24.2 Å². The van der Waals surface area contributed by atoms with E-state index in [1.807, 2.05) is 0 Å². The molecule has 0 aliphatic rings. The maximum atomic E-state index is 12.8. The van der Waals surface area contributed by atoms with Crippen molar-refractivity contribution in [1.29, 1.82) is 0 Å². The molecule has 1 amide bonds. The summed E-state index contributed by atoms with van der Waals surface area (Å²) in [4.78, 5) is 13.5. The van der Waals surface area contributed by atoms with E-state index in [1.165, 1.54) is 11.0 Å². The number of hydrogen-bond acceptors (Lipinski definition) is 2. The molecule has 0 aliphatic heterocycles. The number of carbonyl (C=O) groups is 1. The molecule has 1 aromatic rings. The lowest BCUT2D eigenvalue weighted by Gasteiger charge is -2.09. The van der Waals surface area contributed by atoms with E-state index in [0.717, 1.165) is 16.7 Å². The highest BCUT2D eigenvalue weighted by Crippen LogP contribution is 2.25. The highest BCUT2D eigenvalue weighted by Gasteiger charge is 2.08. The van der Waals surface area contributed by atoms with Crippen LogP contribution in [-0.2, 0) is 0 Å². The third kappa shape index (κ3) is 2.99. The molecule has 0 atom stereocenters. The monoisotopic (exact) mass is 277 g/mol. The van der Waals surface area contributed by atoms with E-state index in [0.29, 0.717) is 4.47 Å². The minimum absolute atomic E-state index is 0.0801. The molecule has 2 nitrogen and oxygen atoms in total. The predicted molar refractivity (Wildman–Crippen MR) is 59.0 cm³/mol. The van der Waals surface area contributed by atoms with Crippen LogP contribution < -0.4 is 0 Å². The molecule has 0 radical (unpaired) electrons. The zero-order valence-corrected chi connectivity index (χ0v) is 10.2. The van der Waals surface area contributed by atoms with Crippen LogP contribution in [0.25, 0.3) is 0 Å². The summed E-state index contributed by atoms with van der Waals surface area (Å²) in [6.07, 6.45) is 0. The Morgan fingerprint density at radius 2 is 2.14 bits per heavy atom. The number of rotatable bonds is 1. The second-order valence-electron chi connectivity index (χ2n) is 2.84. The lowest BCUT2D eigenvalue weighted by Crippen LogP contribution is -2.15. The van der Waals surface area contributed by atoms with E-state index in [9.17, 15) is 9.18 Å². The first-order valence-electron chi connectivity index (χ1n) is 3.85. The predicted octanol–water partition coefficient (Wildman–Crippen LogP) is 3.36. The molecule has 0 heterocycles. The van der Waals surface area contributed by atoms with Gasteiger partial charge in [-0.15, -0.1) is 0 Å². The van der Waals surface area contributed by atoms with Crippen LogP contribution in [0.5, 0.6) is 0 Å². The van der Waals surface area contributed by atoms with Crippen molar-refractivity contribution in [2.24, 2.45) is 0 Å². The second kappa shape index (κ2) is 4.79. The zero-order chi connectivity index (χ0) is 10.7. The first-order valence-corrected chi connectivity index (χ1v) is 5.46. The quantitative estimate of drug-likeness (QED) is 0.734. The van der Waals surface area contributed by atoms with Gasteiger partial charge < -0.3 is 4.90 Å². The average Bonchev–Trinajstić information content (AvgIpc) is 2.11. The van der Waals surface area contributed by atoms with Gasteiger partial charge in [-0.3, -0.25) is 4.79 Å². The molecular formula is C9H9BrFNOS. The van der Waals surface area contributed by atoms with Gasteiger partial charge in [0.05, 0.1) is 4.47 Å². The lowest BCUT2D eigenvalue weighted by atomic mass is 10.3. The molecule has 0 fully saturated rings. The molecule has 0 bridgehead atoms. The molecule has 0 saturated heterocycles. The van der Waals surface area contributed by atoms with Gasteiger partial charge in [-0.05, 0) is 45.9 Å². The Kier molecular flexibility index (Phi) is 3.95. The number of thioether (sulfide) groups is 1. The first-order chi connectivity index (χ1) is 6.50. The standard InChI is InChI=1S/C9H9BrFNOS/c1-12(2)9(13)14-6-3-4-8(11)7(10)5-6/h3-5H,1-2H3. The number of amides is 1. The zero-order valence-electron chi connectivity index (χ0n) is 7.75. The normalized spacial score (nSPS) is 10.0. The SMILES string of the molecule is CN(C)C(=O)Sc1ccc(F)c(Br)c1. The molecule has 0 aliphatic carbocycles. The Hall–Kier alpha value is -0.550. The summed E-state index contributed by atoms with van der Waals surface area (Å²) in [6.45, 7) is 0. The van der Waals surface area contributed by atoms with Gasteiger partial charge >= 0.3 is 0 Å². The molecule has 0 spiro atoms. The topological polar surface area (TPSA) is 20.3 Å². The third-order valence-corrected chi connectivity index (χ3v) is 3.10. The summed E-state index contributed by atoms with van der Waals surface area (Å²) in [5, 5.41) is -0.0801. The third-order valence-electron chi connectivity index (χ3n) is 1.46. The number of halogens is 2. The summed E-state index contributed by atoms with van der Waals surface area (Å²) in [7, 11) is 3.35. The number of carbonyl (C=O) groups excluding carboxylic acids is 1. The molecule has 0 unspecified atom stereocenters.